The highest BCUT2D eigenvalue weighted by Crippen LogP contribution is 2.27. The van der Waals surface area contributed by atoms with Crippen LogP contribution in [0.4, 0.5) is 0 Å². The summed E-state index contributed by atoms with van der Waals surface area (Å²) >= 11 is 2.32. The number of hydrogen-bond donors (Lipinski definition) is 1. The molecule has 0 saturated carbocycles. The molecule has 1 atom stereocenters. The van der Waals surface area contributed by atoms with E-state index in [0.717, 1.165) is 6.42 Å². The van der Waals surface area contributed by atoms with Crippen molar-refractivity contribution in [3.05, 3.63) is 46.1 Å². The van der Waals surface area contributed by atoms with Crippen molar-refractivity contribution < 1.29 is 0 Å². The Morgan fingerprint density at radius 2 is 2.29 bits per heavy atom. The number of hydrogen-bond acceptors (Lipinski definition) is 1. The molecule has 76 valence electrons. The van der Waals surface area contributed by atoms with E-state index in [1.54, 1.807) is 0 Å². The minimum absolute atomic E-state index is 0.0307. The molecule has 14 heavy (non-hydrogen) atoms. The Kier molecular flexibility index (Phi) is 4.13. The van der Waals surface area contributed by atoms with Crippen LogP contribution in [-0.2, 0) is 5.41 Å². The van der Waals surface area contributed by atoms with Crippen LogP contribution in [-0.4, -0.2) is 6.54 Å². The summed E-state index contributed by atoms with van der Waals surface area (Å²) < 4.78 is 1.25. The van der Waals surface area contributed by atoms with E-state index in [9.17, 15) is 0 Å². The fourth-order valence-electron chi connectivity index (χ4n) is 1.50. The maximum atomic E-state index is 5.82. The number of nitrogens with two attached hydrogens (primary N) is 1. The van der Waals surface area contributed by atoms with E-state index in [2.05, 4.69) is 60.4 Å². The highest BCUT2D eigenvalue weighted by molar-refractivity contribution is 14.1. The van der Waals surface area contributed by atoms with E-state index in [1.165, 1.54) is 9.13 Å². The number of halogens is 1. The van der Waals surface area contributed by atoms with Gasteiger partial charge in [0.05, 0.1) is 0 Å². The molecule has 2 heteroatoms. The van der Waals surface area contributed by atoms with Crippen LogP contribution in [0.3, 0.4) is 0 Å². The van der Waals surface area contributed by atoms with E-state index in [-0.39, 0.29) is 5.41 Å². The lowest BCUT2D eigenvalue weighted by atomic mass is 9.80. The first-order valence-corrected chi connectivity index (χ1v) is 5.77. The fourth-order valence-corrected chi connectivity index (χ4v) is 2.04. The molecule has 0 aliphatic carbocycles. The van der Waals surface area contributed by atoms with Crippen molar-refractivity contribution in [2.75, 3.05) is 6.54 Å². The first-order valence-electron chi connectivity index (χ1n) is 4.69. The fraction of sp³-hybridized carbons (Fsp3) is 0.333. The minimum Gasteiger partial charge on any atom is -0.330 e. The second-order valence-electron chi connectivity index (χ2n) is 3.77. The van der Waals surface area contributed by atoms with E-state index in [1.807, 2.05) is 6.08 Å². The Bertz CT molecular complexity index is 322. The highest BCUT2D eigenvalue weighted by Gasteiger charge is 2.23. The zero-order chi connectivity index (χ0) is 10.6. The van der Waals surface area contributed by atoms with E-state index >= 15 is 0 Å². The molecule has 0 saturated heterocycles. The van der Waals surface area contributed by atoms with E-state index in [4.69, 9.17) is 5.73 Å². The van der Waals surface area contributed by atoms with Crippen molar-refractivity contribution in [1.82, 2.24) is 0 Å². The van der Waals surface area contributed by atoms with Crippen LogP contribution in [0, 0.1) is 3.57 Å². The van der Waals surface area contributed by atoms with Crippen LogP contribution in [0.5, 0.6) is 0 Å². The summed E-state index contributed by atoms with van der Waals surface area (Å²) in [7, 11) is 0. The molecule has 0 aliphatic rings. The van der Waals surface area contributed by atoms with Gasteiger partial charge in [0.25, 0.3) is 0 Å². The summed E-state index contributed by atoms with van der Waals surface area (Å²) in [5.41, 5.74) is 7.15. The molecule has 1 aromatic rings. The SMILES string of the molecule is C=CCC(C)(CN)c1cccc(I)c1. The monoisotopic (exact) mass is 301 g/mol. The molecule has 0 aliphatic heterocycles. The van der Waals surface area contributed by atoms with Crippen LogP contribution in [0.1, 0.15) is 18.9 Å². The van der Waals surface area contributed by atoms with E-state index < -0.39 is 0 Å². The van der Waals surface area contributed by atoms with Crippen LogP contribution in [0.2, 0.25) is 0 Å². The molecule has 0 bridgehead atoms. The molecule has 1 nitrogen and oxygen atoms in total. The van der Waals surface area contributed by atoms with Crippen molar-refractivity contribution in [2.24, 2.45) is 5.73 Å². The van der Waals surface area contributed by atoms with Gasteiger partial charge < -0.3 is 5.73 Å². The van der Waals surface area contributed by atoms with Gasteiger partial charge >= 0.3 is 0 Å². The van der Waals surface area contributed by atoms with Gasteiger partial charge in [0.15, 0.2) is 0 Å². The summed E-state index contributed by atoms with van der Waals surface area (Å²) in [5.74, 6) is 0. The molecule has 0 heterocycles. The molecule has 0 fully saturated rings. The zero-order valence-corrected chi connectivity index (χ0v) is 10.6. The average molecular weight is 301 g/mol. The third kappa shape index (κ3) is 2.58. The van der Waals surface area contributed by atoms with Gasteiger partial charge in [0.2, 0.25) is 0 Å². The van der Waals surface area contributed by atoms with Crippen molar-refractivity contribution in [3.63, 3.8) is 0 Å². The average Bonchev–Trinajstić information content (AvgIpc) is 2.18. The summed E-state index contributed by atoms with van der Waals surface area (Å²) in [4.78, 5) is 0. The van der Waals surface area contributed by atoms with Crippen LogP contribution in [0.25, 0.3) is 0 Å². The van der Waals surface area contributed by atoms with Crippen molar-refractivity contribution in [3.8, 4) is 0 Å². The second kappa shape index (κ2) is 4.94. The highest BCUT2D eigenvalue weighted by atomic mass is 127. The number of benzene rings is 1. The van der Waals surface area contributed by atoms with Crippen molar-refractivity contribution in [2.45, 2.75) is 18.8 Å². The smallest absolute Gasteiger partial charge is 0.0133 e. The summed E-state index contributed by atoms with van der Waals surface area (Å²) in [6.45, 7) is 6.62. The van der Waals surface area contributed by atoms with Gasteiger partial charge in [-0.25, -0.2) is 0 Å². The Labute approximate surface area is 99.5 Å². The maximum absolute atomic E-state index is 5.82. The lowest BCUT2D eigenvalue weighted by Crippen LogP contribution is -2.31. The van der Waals surface area contributed by atoms with Gasteiger partial charge in [0.1, 0.15) is 0 Å². The molecule has 0 aromatic heterocycles. The Morgan fingerprint density at radius 3 is 2.79 bits per heavy atom. The summed E-state index contributed by atoms with van der Waals surface area (Å²) in [6, 6.07) is 8.50. The quantitative estimate of drug-likeness (QED) is 0.671. The molecule has 1 aromatic carbocycles. The van der Waals surface area contributed by atoms with E-state index in [0.29, 0.717) is 6.54 Å². The molecular weight excluding hydrogens is 285 g/mol. The predicted octanol–water partition coefficient (Wildman–Crippen LogP) is 3.08. The van der Waals surface area contributed by atoms with Gasteiger partial charge in [-0.3, -0.25) is 0 Å². The number of allylic oxidation sites excluding steroid dienone is 1. The van der Waals surface area contributed by atoms with Crippen LogP contribution < -0.4 is 5.73 Å². The van der Waals surface area contributed by atoms with Crippen molar-refractivity contribution in [1.29, 1.82) is 0 Å². The third-order valence-corrected chi connectivity index (χ3v) is 3.24. The lowest BCUT2D eigenvalue weighted by molar-refractivity contribution is 0.491. The first kappa shape index (κ1) is 11.7. The second-order valence-corrected chi connectivity index (χ2v) is 5.01. The maximum Gasteiger partial charge on any atom is 0.0133 e. The molecule has 0 radical (unpaired) electrons. The third-order valence-electron chi connectivity index (χ3n) is 2.57. The largest absolute Gasteiger partial charge is 0.330 e. The normalized spacial score (nSPS) is 14.8. The summed E-state index contributed by atoms with van der Waals surface area (Å²) in [6.07, 6.45) is 2.86. The topological polar surface area (TPSA) is 26.0 Å². The molecule has 1 unspecified atom stereocenters. The first-order chi connectivity index (χ1) is 6.62. The van der Waals surface area contributed by atoms with Crippen LogP contribution in [0.15, 0.2) is 36.9 Å². The lowest BCUT2D eigenvalue weighted by Gasteiger charge is -2.27. The Hall–Kier alpha value is -0.350. The Morgan fingerprint density at radius 1 is 1.57 bits per heavy atom. The van der Waals surface area contributed by atoms with Gasteiger partial charge in [0, 0.05) is 15.5 Å². The zero-order valence-electron chi connectivity index (χ0n) is 8.46. The standard InChI is InChI=1S/C12H16IN/c1-3-7-12(2,9-14)10-5-4-6-11(13)8-10/h3-6,8H,1,7,9,14H2,2H3. The van der Waals surface area contributed by atoms with Gasteiger partial charge in [-0.05, 0) is 46.7 Å². The minimum atomic E-state index is 0.0307. The Balaban J connectivity index is 3.05. The van der Waals surface area contributed by atoms with Crippen LogP contribution >= 0.6 is 22.6 Å². The molecule has 2 N–H and O–H groups in total. The van der Waals surface area contributed by atoms with Gasteiger partial charge in [-0.2, -0.15) is 0 Å². The molecular formula is C12H16IN. The molecule has 1 rings (SSSR count). The van der Waals surface area contributed by atoms with Crippen molar-refractivity contribution >= 4 is 22.6 Å². The van der Waals surface area contributed by atoms with Gasteiger partial charge in [-0.15, -0.1) is 6.58 Å². The van der Waals surface area contributed by atoms with Gasteiger partial charge in [-0.1, -0.05) is 25.1 Å². The summed E-state index contributed by atoms with van der Waals surface area (Å²) in [5, 5.41) is 0. The molecule has 0 spiro atoms. The molecule has 0 amide bonds. The predicted molar refractivity (Wildman–Crippen MR) is 70.4 cm³/mol. The number of rotatable bonds is 4.